The highest BCUT2D eigenvalue weighted by Gasteiger charge is 2.19. The zero-order valence-corrected chi connectivity index (χ0v) is 11.8. The molecule has 1 aromatic heterocycles. The van der Waals surface area contributed by atoms with Crippen molar-refractivity contribution in [2.45, 2.75) is 77.0 Å². The van der Waals surface area contributed by atoms with E-state index in [4.69, 9.17) is 0 Å². The number of pyridine rings is 1. The van der Waals surface area contributed by atoms with Gasteiger partial charge in [0.2, 0.25) is 0 Å². The molecule has 0 saturated heterocycles. The molecule has 0 aliphatic heterocycles. The minimum Gasteiger partial charge on any atom is -0.264 e. The van der Waals surface area contributed by atoms with Gasteiger partial charge in [-0.25, -0.2) is 0 Å². The van der Waals surface area contributed by atoms with Gasteiger partial charge in [0.15, 0.2) is 0 Å². The minimum atomic E-state index is 0.822. The molecule has 100 valence electrons. The van der Waals surface area contributed by atoms with Crippen LogP contribution in [-0.4, -0.2) is 4.98 Å². The van der Waals surface area contributed by atoms with Crippen LogP contribution in [-0.2, 0) is 6.42 Å². The van der Waals surface area contributed by atoms with Gasteiger partial charge in [-0.2, -0.15) is 0 Å². The summed E-state index contributed by atoms with van der Waals surface area (Å²) in [6, 6.07) is 2.26. The second kappa shape index (κ2) is 7.56. The van der Waals surface area contributed by atoms with Crippen LogP contribution in [0.5, 0.6) is 0 Å². The number of unbranched alkanes of at least 4 members (excludes halogenated alkanes) is 5. The van der Waals surface area contributed by atoms with Crippen molar-refractivity contribution in [1.29, 1.82) is 0 Å². The number of hydrogen-bond donors (Lipinski definition) is 0. The lowest BCUT2D eigenvalue weighted by molar-refractivity contribution is 0.483. The lowest BCUT2D eigenvalue weighted by atomic mass is 9.81. The molecule has 1 atom stereocenters. The van der Waals surface area contributed by atoms with Gasteiger partial charge in [0.25, 0.3) is 0 Å². The first-order valence-electron chi connectivity index (χ1n) is 7.84. The molecule has 2 rings (SSSR count). The molecular formula is C17H27N. The van der Waals surface area contributed by atoms with Crippen LogP contribution in [0.1, 0.15) is 81.8 Å². The number of nitrogens with zero attached hydrogens (tertiary/aromatic N) is 1. The number of hydrogen-bond acceptors (Lipinski definition) is 1. The van der Waals surface area contributed by atoms with Crippen molar-refractivity contribution in [3.63, 3.8) is 0 Å². The predicted octanol–water partition coefficient (Wildman–Crippen LogP) is 5.25. The fourth-order valence-corrected chi connectivity index (χ4v) is 3.21. The molecule has 1 aliphatic carbocycles. The molecule has 1 aromatic rings. The van der Waals surface area contributed by atoms with Crippen LogP contribution < -0.4 is 0 Å². The van der Waals surface area contributed by atoms with E-state index in [-0.39, 0.29) is 0 Å². The smallest absolute Gasteiger partial charge is 0.0302 e. The van der Waals surface area contributed by atoms with Crippen LogP contribution in [0.4, 0.5) is 0 Å². The third-order valence-corrected chi connectivity index (χ3v) is 4.29. The molecule has 1 heterocycles. The third kappa shape index (κ3) is 3.83. The Morgan fingerprint density at radius 3 is 2.89 bits per heavy atom. The Kier molecular flexibility index (Phi) is 5.70. The summed E-state index contributed by atoms with van der Waals surface area (Å²) >= 11 is 0. The Morgan fingerprint density at radius 2 is 2.00 bits per heavy atom. The van der Waals surface area contributed by atoms with E-state index in [1.165, 1.54) is 69.8 Å². The maximum Gasteiger partial charge on any atom is 0.0302 e. The Balaban J connectivity index is 1.74. The summed E-state index contributed by atoms with van der Waals surface area (Å²) < 4.78 is 0. The van der Waals surface area contributed by atoms with Crippen LogP contribution in [0.2, 0.25) is 0 Å². The van der Waals surface area contributed by atoms with E-state index < -0.39 is 0 Å². The summed E-state index contributed by atoms with van der Waals surface area (Å²) in [6.45, 7) is 2.28. The van der Waals surface area contributed by atoms with Crippen molar-refractivity contribution in [2.24, 2.45) is 0 Å². The van der Waals surface area contributed by atoms with Crippen LogP contribution >= 0.6 is 0 Å². The van der Waals surface area contributed by atoms with Crippen LogP contribution in [0, 0.1) is 0 Å². The molecule has 18 heavy (non-hydrogen) atoms. The van der Waals surface area contributed by atoms with Crippen molar-refractivity contribution in [1.82, 2.24) is 4.98 Å². The second-order valence-corrected chi connectivity index (χ2v) is 5.72. The Bertz CT molecular complexity index is 345. The SMILES string of the molecule is CCCCCCCCC1CCCc2cnccc21. The van der Waals surface area contributed by atoms with Crippen LogP contribution in [0.25, 0.3) is 0 Å². The summed E-state index contributed by atoms with van der Waals surface area (Å²) in [4.78, 5) is 4.26. The maximum atomic E-state index is 4.26. The molecule has 0 saturated carbocycles. The Morgan fingerprint density at radius 1 is 1.17 bits per heavy atom. The van der Waals surface area contributed by atoms with Gasteiger partial charge in [0.05, 0.1) is 0 Å². The van der Waals surface area contributed by atoms with E-state index in [1.807, 2.05) is 6.20 Å². The van der Waals surface area contributed by atoms with E-state index in [2.05, 4.69) is 24.2 Å². The molecule has 0 radical (unpaired) electrons. The molecule has 1 unspecified atom stereocenters. The molecule has 0 spiro atoms. The fourth-order valence-electron chi connectivity index (χ4n) is 3.21. The standard InChI is InChI=1S/C17H27N/c1-2-3-4-5-6-7-9-15-10-8-11-16-14-18-13-12-17(15)16/h12-15H,2-11H2,1H3. The van der Waals surface area contributed by atoms with Gasteiger partial charge in [0, 0.05) is 12.4 Å². The van der Waals surface area contributed by atoms with E-state index in [0.29, 0.717) is 0 Å². The summed E-state index contributed by atoms with van der Waals surface area (Å²) in [6.07, 6.45) is 17.9. The summed E-state index contributed by atoms with van der Waals surface area (Å²) in [5, 5.41) is 0. The maximum absolute atomic E-state index is 4.26. The van der Waals surface area contributed by atoms with Gasteiger partial charge in [-0.15, -0.1) is 0 Å². The van der Waals surface area contributed by atoms with Crippen LogP contribution in [0.3, 0.4) is 0 Å². The molecule has 1 heteroatoms. The van der Waals surface area contributed by atoms with Crippen molar-refractivity contribution in [3.8, 4) is 0 Å². The van der Waals surface area contributed by atoms with Gasteiger partial charge in [0.1, 0.15) is 0 Å². The lowest BCUT2D eigenvalue weighted by Gasteiger charge is -2.25. The second-order valence-electron chi connectivity index (χ2n) is 5.72. The van der Waals surface area contributed by atoms with Gasteiger partial charge in [-0.3, -0.25) is 4.98 Å². The number of aromatic nitrogens is 1. The van der Waals surface area contributed by atoms with E-state index in [0.717, 1.165) is 5.92 Å². The first kappa shape index (κ1) is 13.6. The summed E-state index contributed by atoms with van der Waals surface area (Å²) in [7, 11) is 0. The first-order valence-corrected chi connectivity index (χ1v) is 7.84. The quantitative estimate of drug-likeness (QED) is 0.598. The third-order valence-electron chi connectivity index (χ3n) is 4.29. The van der Waals surface area contributed by atoms with Crippen molar-refractivity contribution < 1.29 is 0 Å². The Labute approximate surface area is 112 Å². The zero-order valence-electron chi connectivity index (χ0n) is 11.8. The first-order chi connectivity index (χ1) is 8.92. The van der Waals surface area contributed by atoms with E-state index >= 15 is 0 Å². The molecule has 0 bridgehead atoms. The van der Waals surface area contributed by atoms with Crippen molar-refractivity contribution >= 4 is 0 Å². The van der Waals surface area contributed by atoms with Gasteiger partial charge >= 0.3 is 0 Å². The molecule has 0 fully saturated rings. The average molecular weight is 245 g/mol. The predicted molar refractivity (Wildman–Crippen MR) is 77.9 cm³/mol. The molecule has 0 amide bonds. The topological polar surface area (TPSA) is 12.9 Å². The van der Waals surface area contributed by atoms with Gasteiger partial charge < -0.3 is 0 Å². The summed E-state index contributed by atoms with van der Waals surface area (Å²) in [5.41, 5.74) is 3.12. The molecule has 0 aromatic carbocycles. The van der Waals surface area contributed by atoms with E-state index in [1.54, 1.807) is 5.56 Å². The van der Waals surface area contributed by atoms with Crippen LogP contribution in [0.15, 0.2) is 18.5 Å². The largest absolute Gasteiger partial charge is 0.264 e. The van der Waals surface area contributed by atoms with Gasteiger partial charge in [-0.05, 0) is 48.8 Å². The van der Waals surface area contributed by atoms with Crippen molar-refractivity contribution in [3.05, 3.63) is 29.6 Å². The highest BCUT2D eigenvalue weighted by Crippen LogP contribution is 2.34. The number of aryl methyl sites for hydroxylation is 1. The normalized spacial score (nSPS) is 18.6. The zero-order chi connectivity index (χ0) is 12.6. The number of rotatable bonds is 7. The highest BCUT2D eigenvalue weighted by atomic mass is 14.6. The minimum absolute atomic E-state index is 0.822. The average Bonchev–Trinajstić information content (AvgIpc) is 2.43. The summed E-state index contributed by atoms with van der Waals surface area (Å²) in [5.74, 6) is 0.822. The molecular weight excluding hydrogens is 218 g/mol. The molecule has 1 aliphatic rings. The molecule has 0 N–H and O–H groups in total. The van der Waals surface area contributed by atoms with E-state index in [9.17, 15) is 0 Å². The monoisotopic (exact) mass is 245 g/mol. The lowest BCUT2D eigenvalue weighted by Crippen LogP contribution is -2.10. The number of fused-ring (bicyclic) bond motifs is 1. The fraction of sp³-hybridized carbons (Fsp3) is 0.706. The van der Waals surface area contributed by atoms with Gasteiger partial charge in [-0.1, -0.05) is 45.4 Å². The highest BCUT2D eigenvalue weighted by molar-refractivity contribution is 5.29. The Hall–Kier alpha value is -0.850. The van der Waals surface area contributed by atoms with Crippen molar-refractivity contribution in [2.75, 3.05) is 0 Å². The molecule has 1 nitrogen and oxygen atoms in total.